The van der Waals surface area contributed by atoms with E-state index in [1.54, 1.807) is 63.4 Å². The van der Waals surface area contributed by atoms with E-state index < -0.39 is 11.7 Å². The first-order valence-corrected chi connectivity index (χ1v) is 12.5. The van der Waals surface area contributed by atoms with E-state index in [-0.39, 0.29) is 11.8 Å². The number of rotatable bonds is 7. The Labute approximate surface area is 219 Å². The van der Waals surface area contributed by atoms with Crippen LogP contribution in [0.25, 0.3) is 11.3 Å². The fraction of sp³-hybridized carbons (Fsp3) is 0.259. The minimum atomic E-state index is -0.640. The highest BCUT2D eigenvalue weighted by Crippen LogP contribution is 2.26. The second-order valence-electron chi connectivity index (χ2n) is 9.08. The van der Waals surface area contributed by atoms with Gasteiger partial charge >= 0.3 is 6.09 Å². The largest absolute Gasteiger partial charge is 0.444 e. The molecule has 0 unspecified atom stereocenters. The number of aromatic nitrogens is 1. The summed E-state index contributed by atoms with van der Waals surface area (Å²) in [6, 6.07) is 15.8. The smallest absolute Gasteiger partial charge is 0.412 e. The van der Waals surface area contributed by atoms with Crippen LogP contribution in [-0.4, -0.2) is 33.8 Å². The molecule has 2 aromatic carbocycles. The number of ether oxygens (including phenoxy) is 1. The number of anilines is 3. The normalized spacial score (nSPS) is 10.9. The van der Waals surface area contributed by atoms with Crippen LogP contribution in [0, 0.1) is 6.92 Å². The molecule has 1 aromatic heterocycles. The predicted octanol–water partition coefficient (Wildman–Crippen LogP) is 6.38. The van der Waals surface area contributed by atoms with Crippen molar-refractivity contribution in [1.29, 1.82) is 0 Å². The van der Waals surface area contributed by atoms with Gasteiger partial charge in [-0.2, -0.15) is 0 Å². The molecule has 8 nitrogen and oxygen atoms in total. The van der Waals surface area contributed by atoms with Gasteiger partial charge < -0.3 is 15.4 Å². The number of pyridine rings is 1. The molecule has 3 amide bonds. The zero-order valence-electron chi connectivity index (χ0n) is 20.6. The van der Waals surface area contributed by atoms with E-state index >= 15 is 0 Å². The summed E-state index contributed by atoms with van der Waals surface area (Å²) in [5.41, 5.74) is 3.82. The molecule has 1 heterocycles. The van der Waals surface area contributed by atoms with Crippen LogP contribution in [-0.2, 0) is 9.53 Å². The second-order valence-corrected chi connectivity index (χ2v) is 9.87. The van der Waals surface area contributed by atoms with Crippen LogP contribution in [0.2, 0.25) is 0 Å². The van der Waals surface area contributed by atoms with E-state index in [4.69, 9.17) is 4.74 Å². The molecule has 0 aliphatic rings. The molecule has 36 heavy (non-hydrogen) atoms. The molecule has 3 aromatic rings. The van der Waals surface area contributed by atoms with Gasteiger partial charge in [-0.3, -0.25) is 19.9 Å². The maximum atomic E-state index is 12.9. The minimum Gasteiger partial charge on any atom is -0.444 e. The predicted molar refractivity (Wildman–Crippen MR) is 146 cm³/mol. The van der Waals surface area contributed by atoms with E-state index in [1.165, 1.54) is 0 Å². The number of nitrogens with one attached hydrogen (secondary N) is 3. The van der Waals surface area contributed by atoms with Crippen molar-refractivity contribution >= 4 is 50.9 Å². The molecular formula is C27H29BrN4O4. The monoisotopic (exact) mass is 552 g/mol. The van der Waals surface area contributed by atoms with Crippen molar-refractivity contribution in [2.45, 2.75) is 39.7 Å². The van der Waals surface area contributed by atoms with Crippen LogP contribution in [0.15, 0.2) is 60.8 Å². The van der Waals surface area contributed by atoms with Gasteiger partial charge in [-0.1, -0.05) is 40.2 Å². The molecule has 0 spiro atoms. The van der Waals surface area contributed by atoms with Crippen LogP contribution in [0.1, 0.15) is 43.1 Å². The van der Waals surface area contributed by atoms with Gasteiger partial charge in [0.1, 0.15) is 5.60 Å². The van der Waals surface area contributed by atoms with Gasteiger partial charge in [-0.25, -0.2) is 4.79 Å². The molecule has 0 radical (unpaired) electrons. The van der Waals surface area contributed by atoms with Crippen molar-refractivity contribution in [3.8, 4) is 11.3 Å². The number of hydrogen-bond acceptors (Lipinski definition) is 5. The average Bonchev–Trinajstić information content (AvgIpc) is 2.79. The molecule has 0 saturated carbocycles. The Morgan fingerprint density at radius 2 is 1.58 bits per heavy atom. The first-order valence-electron chi connectivity index (χ1n) is 11.4. The van der Waals surface area contributed by atoms with E-state index in [0.717, 1.165) is 16.8 Å². The third-order valence-electron chi connectivity index (χ3n) is 4.91. The highest BCUT2D eigenvalue weighted by Gasteiger charge is 2.18. The van der Waals surface area contributed by atoms with Crippen molar-refractivity contribution in [1.82, 2.24) is 4.98 Å². The Hall–Kier alpha value is -3.72. The van der Waals surface area contributed by atoms with E-state index in [9.17, 15) is 14.4 Å². The number of benzene rings is 2. The standard InChI is InChI=1S/C27H29BrN4O4/c1-17-15-20(30-23(33)13-14-28)16-29-24(17)18-9-11-19(12-10-18)25(34)31-21-7-5-6-8-22(21)32-26(35)36-27(2,3)4/h5-12,15-16H,13-14H2,1-4H3,(H,30,33)(H,31,34)(H,32,35). The molecule has 3 rings (SSSR count). The van der Waals surface area contributed by atoms with Gasteiger partial charge in [0, 0.05) is 22.9 Å². The topological polar surface area (TPSA) is 109 Å². The molecule has 0 bridgehead atoms. The molecule has 0 aliphatic heterocycles. The number of aryl methyl sites for hydroxylation is 1. The van der Waals surface area contributed by atoms with Crippen LogP contribution < -0.4 is 16.0 Å². The highest BCUT2D eigenvalue weighted by atomic mass is 79.9. The first kappa shape index (κ1) is 26.9. The van der Waals surface area contributed by atoms with E-state index in [1.807, 2.05) is 25.1 Å². The third kappa shape index (κ3) is 7.64. The second kappa shape index (κ2) is 11.8. The fourth-order valence-corrected chi connectivity index (χ4v) is 3.70. The van der Waals surface area contributed by atoms with E-state index in [0.29, 0.717) is 34.4 Å². The lowest BCUT2D eigenvalue weighted by Crippen LogP contribution is -2.27. The van der Waals surface area contributed by atoms with Gasteiger partial charge in [0.05, 0.1) is 29.0 Å². The molecule has 3 N–H and O–H groups in total. The minimum absolute atomic E-state index is 0.0842. The highest BCUT2D eigenvalue weighted by molar-refractivity contribution is 9.09. The number of hydrogen-bond donors (Lipinski definition) is 3. The Balaban J connectivity index is 1.70. The number of nitrogens with zero attached hydrogens (tertiary/aromatic N) is 1. The summed E-state index contributed by atoms with van der Waals surface area (Å²) in [6.45, 7) is 7.25. The molecule has 9 heteroatoms. The fourth-order valence-electron chi connectivity index (χ4n) is 3.34. The summed E-state index contributed by atoms with van der Waals surface area (Å²) in [6.07, 6.45) is 1.39. The van der Waals surface area contributed by atoms with E-state index in [2.05, 4.69) is 36.9 Å². The number of amides is 3. The lowest BCUT2D eigenvalue weighted by Gasteiger charge is -2.20. The van der Waals surface area contributed by atoms with Gasteiger partial charge in [0.15, 0.2) is 0 Å². The van der Waals surface area contributed by atoms with Crippen LogP contribution in [0.5, 0.6) is 0 Å². The molecule has 0 saturated heterocycles. The summed E-state index contributed by atoms with van der Waals surface area (Å²) in [5.74, 6) is -0.409. The summed E-state index contributed by atoms with van der Waals surface area (Å²) in [7, 11) is 0. The quantitative estimate of drug-likeness (QED) is 0.294. The zero-order valence-corrected chi connectivity index (χ0v) is 22.2. The number of carbonyl (C=O) groups excluding carboxylic acids is 3. The molecule has 0 aliphatic carbocycles. The summed E-state index contributed by atoms with van der Waals surface area (Å²) >= 11 is 3.25. The Kier molecular flexibility index (Phi) is 8.82. The number of halogens is 1. The summed E-state index contributed by atoms with van der Waals surface area (Å²) in [4.78, 5) is 41.3. The SMILES string of the molecule is Cc1cc(NC(=O)CCBr)cnc1-c1ccc(C(=O)Nc2ccccc2NC(=O)OC(C)(C)C)cc1. The maximum Gasteiger partial charge on any atom is 0.412 e. The Bertz CT molecular complexity index is 1250. The van der Waals surface area contributed by atoms with Crippen molar-refractivity contribution in [3.05, 3.63) is 71.9 Å². The first-order chi connectivity index (χ1) is 17.1. The summed E-state index contributed by atoms with van der Waals surface area (Å²) < 4.78 is 5.30. The molecule has 188 valence electrons. The van der Waals surface area contributed by atoms with Gasteiger partial charge in [-0.15, -0.1) is 0 Å². The van der Waals surface area contributed by atoms with Crippen molar-refractivity contribution in [3.63, 3.8) is 0 Å². The number of para-hydroxylation sites is 2. The lowest BCUT2D eigenvalue weighted by molar-refractivity contribution is -0.115. The average molecular weight is 553 g/mol. The summed E-state index contributed by atoms with van der Waals surface area (Å²) in [5, 5.41) is 8.92. The number of alkyl halides is 1. The van der Waals surface area contributed by atoms with Gasteiger partial charge in [0.25, 0.3) is 5.91 Å². The lowest BCUT2D eigenvalue weighted by atomic mass is 10.0. The van der Waals surface area contributed by atoms with Crippen molar-refractivity contribution in [2.24, 2.45) is 0 Å². The van der Waals surface area contributed by atoms with Crippen LogP contribution in [0.4, 0.5) is 21.9 Å². The molecule has 0 atom stereocenters. The van der Waals surface area contributed by atoms with Gasteiger partial charge in [0.2, 0.25) is 5.91 Å². The third-order valence-corrected chi connectivity index (χ3v) is 5.31. The molecule has 0 fully saturated rings. The van der Waals surface area contributed by atoms with Gasteiger partial charge in [-0.05, 0) is 63.6 Å². The maximum absolute atomic E-state index is 12.9. The van der Waals surface area contributed by atoms with Crippen molar-refractivity contribution in [2.75, 3.05) is 21.3 Å². The Morgan fingerprint density at radius 1 is 0.944 bits per heavy atom. The molecular weight excluding hydrogens is 524 g/mol. The number of carbonyl (C=O) groups is 3. The Morgan fingerprint density at radius 3 is 2.17 bits per heavy atom. The van der Waals surface area contributed by atoms with Crippen LogP contribution >= 0.6 is 15.9 Å². The van der Waals surface area contributed by atoms with Crippen molar-refractivity contribution < 1.29 is 19.1 Å². The zero-order chi connectivity index (χ0) is 26.3. The van der Waals surface area contributed by atoms with Crippen LogP contribution in [0.3, 0.4) is 0 Å².